The number of aromatic nitrogens is 3. The highest BCUT2D eigenvalue weighted by Crippen LogP contribution is 2.30. The van der Waals surface area contributed by atoms with Crippen LogP contribution in [0.1, 0.15) is 37.1 Å². The lowest BCUT2D eigenvalue weighted by molar-refractivity contribution is 0.231. The van der Waals surface area contributed by atoms with Crippen LogP contribution in [-0.4, -0.2) is 40.2 Å². The summed E-state index contributed by atoms with van der Waals surface area (Å²) in [6, 6.07) is 1.87. The summed E-state index contributed by atoms with van der Waals surface area (Å²) in [5.41, 5.74) is 0.430. The summed E-state index contributed by atoms with van der Waals surface area (Å²) in [5.74, 6) is 0.360. The fraction of sp³-hybridized carbons (Fsp3) is 0.600. The highest BCUT2D eigenvalue weighted by Gasteiger charge is 2.36. The molecule has 1 aliphatic rings. The number of hydrogen-bond donors (Lipinski definition) is 0. The Morgan fingerprint density at radius 1 is 1.35 bits per heavy atom. The molecule has 1 fully saturated rings. The molecule has 1 aliphatic heterocycles. The number of sulfonamides is 1. The second-order valence-electron chi connectivity index (χ2n) is 5.98. The van der Waals surface area contributed by atoms with Crippen molar-refractivity contribution in [1.82, 2.24) is 19.2 Å². The van der Waals surface area contributed by atoms with Crippen molar-refractivity contribution in [1.29, 1.82) is 0 Å². The molecule has 0 N–H and O–H groups in total. The maximum atomic E-state index is 13.1. The van der Waals surface area contributed by atoms with Gasteiger partial charge in [0.2, 0.25) is 10.0 Å². The zero-order valence-corrected chi connectivity index (χ0v) is 14.3. The van der Waals surface area contributed by atoms with Crippen molar-refractivity contribution in [2.75, 3.05) is 6.54 Å². The van der Waals surface area contributed by atoms with Gasteiger partial charge in [0, 0.05) is 31.5 Å². The molecule has 1 saturated heterocycles. The third-order valence-corrected chi connectivity index (χ3v) is 6.56. The van der Waals surface area contributed by atoms with Crippen molar-refractivity contribution < 1.29 is 12.9 Å². The summed E-state index contributed by atoms with van der Waals surface area (Å²) in [5, 5.41) is 7.98. The number of piperidine rings is 1. The summed E-state index contributed by atoms with van der Waals surface area (Å²) >= 11 is 0. The minimum Gasteiger partial charge on any atom is -0.360 e. The van der Waals surface area contributed by atoms with Gasteiger partial charge in [0.05, 0.1) is 0 Å². The lowest BCUT2D eigenvalue weighted by Gasteiger charge is -2.34. The number of nitrogens with zero attached hydrogens (tertiary/aromatic N) is 4. The van der Waals surface area contributed by atoms with E-state index in [9.17, 15) is 8.42 Å². The summed E-state index contributed by atoms with van der Waals surface area (Å²) in [4.78, 5) is 0.225. The second-order valence-corrected chi connectivity index (χ2v) is 7.80. The van der Waals surface area contributed by atoms with Gasteiger partial charge < -0.3 is 4.52 Å². The highest BCUT2D eigenvalue weighted by molar-refractivity contribution is 7.89. The Bertz CT molecular complexity index is 732. The van der Waals surface area contributed by atoms with E-state index in [0.29, 0.717) is 24.5 Å². The van der Waals surface area contributed by atoms with Crippen LogP contribution in [0.2, 0.25) is 0 Å². The molecule has 23 heavy (non-hydrogen) atoms. The van der Waals surface area contributed by atoms with Crippen molar-refractivity contribution in [3.05, 3.63) is 29.9 Å². The molecule has 1 atom stereocenters. The Balaban J connectivity index is 1.83. The van der Waals surface area contributed by atoms with Gasteiger partial charge in [-0.05, 0) is 39.2 Å². The lowest BCUT2D eigenvalue weighted by atomic mass is 10.0. The van der Waals surface area contributed by atoms with Crippen LogP contribution >= 0.6 is 0 Å². The van der Waals surface area contributed by atoms with E-state index in [2.05, 4.69) is 10.3 Å². The van der Waals surface area contributed by atoms with E-state index < -0.39 is 10.0 Å². The first-order chi connectivity index (χ1) is 11.0. The predicted molar refractivity (Wildman–Crippen MR) is 84.4 cm³/mol. The molecule has 0 aliphatic carbocycles. The maximum absolute atomic E-state index is 13.1. The summed E-state index contributed by atoms with van der Waals surface area (Å²) in [6.07, 6.45) is 7.21. The van der Waals surface area contributed by atoms with Crippen LogP contribution in [0.5, 0.6) is 0 Å². The summed E-state index contributed by atoms with van der Waals surface area (Å²) in [7, 11) is -3.57. The zero-order valence-electron chi connectivity index (χ0n) is 13.5. The normalized spacial score (nSPS) is 20.0. The first-order valence-electron chi connectivity index (χ1n) is 7.92. The largest absolute Gasteiger partial charge is 0.360 e. The number of aryl methyl sites for hydroxylation is 3. The van der Waals surface area contributed by atoms with Crippen LogP contribution in [0.4, 0.5) is 0 Å². The molecule has 0 aromatic carbocycles. The van der Waals surface area contributed by atoms with Gasteiger partial charge in [-0.25, -0.2) is 8.42 Å². The average molecular weight is 338 g/mol. The molecule has 3 heterocycles. The van der Waals surface area contributed by atoms with Crippen LogP contribution < -0.4 is 0 Å². The Labute approximate surface area is 136 Å². The molecule has 0 amide bonds. The first-order valence-corrected chi connectivity index (χ1v) is 9.36. The Hall–Kier alpha value is -1.67. The zero-order chi connectivity index (χ0) is 16.4. The van der Waals surface area contributed by atoms with E-state index in [1.165, 1.54) is 0 Å². The third kappa shape index (κ3) is 3.18. The van der Waals surface area contributed by atoms with Gasteiger partial charge in [-0.1, -0.05) is 11.6 Å². The molecule has 0 radical (unpaired) electrons. The fourth-order valence-corrected chi connectivity index (χ4v) is 5.27. The summed E-state index contributed by atoms with van der Waals surface area (Å²) < 4.78 is 34.7. The molecule has 2 aromatic heterocycles. The van der Waals surface area contributed by atoms with Crippen molar-refractivity contribution in [2.45, 2.75) is 57.0 Å². The van der Waals surface area contributed by atoms with Crippen LogP contribution in [-0.2, 0) is 16.6 Å². The van der Waals surface area contributed by atoms with Crippen molar-refractivity contribution in [3.63, 3.8) is 0 Å². The third-order valence-electron chi connectivity index (χ3n) is 4.36. The van der Waals surface area contributed by atoms with E-state index in [-0.39, 0.29) is 10.9 Å². The molecule has 7 nitrogen and oxygen atoms in total. The standard InChI is InChI=1S/C15H22N4O3S/c1-12-15(13(2)22-17-12)23(20,21)19-10-4-3-6-14(19)7-11-18-9-5-8-16-18/h5,8-9,14H,3-4,6-7,10-11H2,1-2H3/t14-/m1/s1. The minimum absolute atomic E-state index is 0.00773. The SMILES string of the molecule is Cc1noc(C)c1S(=O)(=O)N1CCCC[C@@H]1CCn1cccn1. The average Bonchev–Trinajstić information content (AvgIpc) is 3.15. The molecule has 0 spiro atoms. The highest BCUT2D eigenvalue weighted by atomic mass is 32.2. The molecule has 0 unspecified atom stereocenters. The van der Waals surface area contributed by atoms with Crippen LogP contribution in [0, 0.1) is 13.8 Å². The molecule has 0 saturated carbocycles. The monoisotopic (exact) mass is 338 g/mol. The Morgan fingerprint density at radius 3 is 2.83 bits per heavy atom. The van der Waals surface area contributed by atoms with Gasteiger partial charge in [0.1, 0.15) is 10.6 Å². The fourth-order valence-electron chi connectivity index (χ4n) is 3.25. The number of rotatable bonds is 5. The van der Waals surface area contributed by atoms with E-state index >= 15 is 0 Å². The first kappa shape index (κ1) is 16.2. The summed E-state index contributed by atoms with van der Waals surface area (Å²) in [6.45, 7) is 4.59. The van der Waals surface area contributed by atoms with Crippen molar-refractivity contribution in [2.24, 2.45) is 0 Å². The van der Waals surface area contributed by atoms with Gasteiger partial charge >= 0.3 is 0 Å². The minimum atomic E-state index is -3.57. The predicted octanol–water partition coefficient (Wildman–Crippen LogP) is 2.12. The van der Waals surface area contributed by atoms with E-state index in [1.54, 1.807) is 24.3 Å². The second kappa shape index (κ2) is 6.45. The Morgan fingerprint density at radius 2 is 2.17 bits per heavy atom. The van der Waals surface area contributed by atoms with Gasteiger partial charge in [-0.3, -0.25) is 4.68 Å². The van der Waals surface area contributed by atoms with Gasteiger partial charge in [-0.2, -0.15) is 9.40 Å². The van der Waals surface area contributed by atoms with Crippen LogP contribution in [0.3, 0.4) is 0 Å². The molecular weight excluding hydrogens is 316 g/mol. The van der Waals surface area contributed by atoms with Crippen LogP contribution in [0.25, 0.3) is 0 Å². The van der Waals surface area contributed by atoms with Gasteiger partial charge in [0.25, 0.3) is 0 Å². The van der Waals surface area contributed by atoms with Crippen LogP contribution in [0.15, 0.2) is 27.9 Å². The molecular formula is C15H22N4O3S. The lowest BCUT2D eigenvalue weighted by Crippen LogP contribution is -2.44. The van der Waals surface area contributed by atoms with Gasteiger partial charge in [0.15, 0.2) is 5.76 Å². The molecule has 126 valence electrons. The van der Waals surface area contributed by atoms with E-state index in [0.717, 1.165) is 25.7 Å². The maximum Gasteiger partial charge on any atom is 0.248 e. The molecule has 3 rings (SSSR count). The van der Waals surface area contributed by atoms with E-state index in [4.69, 9.17) is 4.52 Å². The quantitative estimate of drug-likeness (QED) is 0.834. The smallest absolute Gasteiger partial charge is 0.248 e. The topological polar surface area (TPSA) is 81.2 Å². The van der Waals surface area contributed by atoms with Crippen molar-refractivity contribution in [3.8, 4) is 0 Å². The van der Waals surface area contributed by atoms with Crippen molar-refractivity contribution >= 4 is 10.0 Å². The molecule has 0 bridgehead atoms. The molecule has 2 aromatic rings. The number of hydrogen-bond acceptors (Lipinski definition) is 5. The Kier molecular flexibility index (Phi) is 4.54. The van der Waals surface area contributed by atoms with Gasteiger partial charge in [-0.15, -0.1) is 0 Å². The van der Waals surface area contributed by atoms with E-state index in [1.807, 2.05) is 16.9 Å². The molecule has 8 heteroatoms.